The van der Waals surface area contributed by atoms with Crippen LogP contribution in [0.5, 0.6) is 0 Å². The topological polar surface area (TPSA) is 41.6 Å². The van der Waals surface area contributed by atoms with Gasteiger partial charge in [0.2, 0.25) is 0 Å². The average Bonchev–Trinajstić information content (AvgIpc) is 2.95. The summed E-state index contributed by atoms with van der Waals surface area (Å²) < 4.78 is 38.2. The van der Waals surface area contributed by atoms with Crippen LogP contribution in [0.4, 0.5) is 13.2 Å². The highest BCUT2D eigenvalue weighted by molar-refractivity contribution is 6.33. The molecule has 0 aliphatic rings. The van der Waals surface area contributed by atoms with Crippen LogP contribution in [0.25, 0.3) is 11.3 Å². The molecule has 0 fully saturated rings. The molecule has 0 amide bonds. The second-order valence-corrected chi connectivity index (χ2v) is 5.42. The summed E-state index contributed by atoms with van der Waals surface area (Å²) >= 11 is 6.06. The quantitative estimate of drug-likeness (QED) is 0.750. The number of hydrogen-bond acceptors (Lipinski definition) is 2. The van der Waals surface area contributed by atoms with Gasteiger partial charge in [-0.3, -0.25) is 10.1 Å². The van der Waals surface area contributed by atoms with Gasteiger partial charge in [0.25, 0.3) is 0 Å². The number of halogens is 4. The Kier molecular flexibility index (Phi) is 4.09. The predicted molar refractivity (Wildman–Crippen MR) is 81.1 cm³/mol. The average molecular weight is 338 g/mol. The van der Waals surface area contributed by atoms with E-state index in [1.54, 1.807) is 24.4 Å². The molecule has 23 heavy (non-hydrogen) atoms. The Morgan fingerprint density at radius 1 is 1.13 bits per heavy atom. The second kappa shape index (κ2) is 6.04. The minimum atomic E-state index is -4.35. The maximum Gasteiger partial charge on any atom is 0.416 e. The Hall–Kier alpha value is -2.34. The third-order valence-corrected chi connectivity index (χ3v) is 3.63. The summed E-state index contributed by atoms with van der Waals surface area (Å²) in [5.74, 6) is 0. The largest absolute Gasteiger partial charge is 0.416 e. The van der Waals surface area contributed by atoms with E-state index in [1.807, 2.05) is 0 Å². The molecule has 3 nitrogen and oxygen atoms in total. The Labute approximate surface area is 135 Å². The molecule has 0 bridgehead atoms. The van der Waals surface area contributed by atoms with Gasteiger partial charge >= 0.3 is 6.18 Å². The Bertz CT molecular complexity index is 827. The maximum absolute atomic E-state index is 12.7. The van der Waals surface area contributed by atoms with Crippen molar-refractivity contribution in [2.24, 2.45) is 0 Å². The zero-order valence-electron chi connectivity index (χ0n) is 11.7. The van der Waals surface area contributed by atoms with Gasteiger partial charge in [0.05, 0.1) is 16.3 Å². The summed E-state index contributed by atoms with van der Waals surface area (Å²) in [7, 11) is 0. The highest BCUT2D eigenvalue weighted by Gasteiger charge is 2.30. The van der Waals surface area contributed by atoms with Crippen LogP contribution in [0.3, 0.4) is 0 Å². The number of benzene rings is 1. The molecule has 0 atom stereocenters. The lowest BCUT2D eigenvalue weighted by Gasteiger charge is -2.07. The lowest BCUT2D eigenvalue weighted by Crippen LogP contribution is -2.05. The van der Waals surface area contributed by atoms with E-state index in [2.05, 4.69) is 15.2 Å². The first-order chi connectivity index (χ1) is 10.9. The first-order valence-electron chi connectivity index (χ1n) is 6.74. The van der Waals surface area contributed by atoms with Crippen molar-refractivity contribution in [3.05, 3.63) is 70.6 Å². The Morgan fingerprint density at radius 3 is 2.70 bits per heavy atom. The number of rotatable bonds is 3. The number of aromatic nitrogens is 3. The van der Waals surface area contributed by atoms with Gasteiger partial charge in [0.15, 0.2) is 0 Å². The van der Waals surface area contributed by atoms with Gasteiger partial charge in [-0.15, -0.1) is 0 Å². The summed E-state index contributed by atoms with van der Waals surface area (Å²) in [6, 6.07) is 8.73. The molecule has 0 saturated carbocycles. The van der Waals surface area contributed by atoms with Crippen molar-refractivity contribution in [2.75, 3.05) is 0 Å². The summed E-state index contributed by atoms with van der Waals surface area (Å²) in [4.78, 5) is 3.90. The van der Waals surface area contributed by atoms with E-state index in [1.165, 1.54) is 12.3 Å². The van der Waals surface area contributed by atoms with Crippen LogP contribution in [0.2, 0.25) is 5.02 Å². The van der Waals surface area contributed by atoms with E-state index in [0.29, 0.717) is 34.0 Å². The second-order valence-electron chi connectivity index (χ2n) is 5.01. The predicted octanol–water partition coefficient (Wildman–Crippen LogP) is 4.73. The first kappa shape index (κ1) is 15.6. The molecule has 7 heteroatoms. The molecule has 2 aromatic heterocycles. The summed E-state index contributed by atoms with van der Waals surface area (Å²) in [6.45, 7) is 0. The number of H-pyrrole nitrogens is 1. The molecule has 0 unspecified atom stereocenters. The van der Waals surface area contributed by atoms with Crippen molar-refractivity contribution in [2.45, 2.75) is 12.6 Å². The summed E-state index contributed by atoms with van der Waals surface area (Å²) in [6.07, 6.45) is -0.917. The van der Waals surface area contributed by atoms with E-state index < -0.39 is 11.7 Å². The van der Waals surface area contributed by atoms with Gasteiger partial charge in [0.1, 0.15) is 0 Å². The van der Waals surface area contributed by atoms with Crippen molar-refractivity contribution < 1.29 is 13.2 Å². The molecule has 118 valence electrons. The van der Waals surface area contributed by atoms with Crippen LogP contribution in [-0.4, -0.2) is 15.2 Å². The molecule has 0 spiro atoms. The number of pyridine rings is 1. The molecule has 3 aromatic rings. The third kappa shape index (κ3) is 3.53. The van der Waals surface area contributed by atoms with Gasteiger partial charge in [-0.05, 0) is 23.8 Å². The molecule has 1 N–H and O–H groups in total. The standard InChI is InChI=1S/C16H11ClF3N3/c17-14-9-21-5-4-13(14)15-8-12(22-23-15)7-10-2-1-3-11(6-10)16(18,19)20/h1-6,8-9H,7H2,(H,22,23). The van der Waals surface area contributed by atoms with E-state index in [9.17, 15) is 13.2 Å². The van der Waals surface area contributed by atoms with E-state index in [4.69, 9.17) is 11.6 Å². The number of aromatic amines is 1. The molecule has 0 radical (unpaired) electrons. The van der Waals surface area contributed by atoms with Crippen molar-refractivity contribution in [1.29, 1.82) is 0 Å². The van der Waals surface area contributed by atoms with Crippen molar-refractivity contribution in [3.8, 4) is 11.3 Å². The lowest BCUT2D eigenvalue weighted by molar-refractivity contribution is -0.137. The molecule has 0 aliphatic carbocycles. The van der Waals surface area contributed by atoms with Crippen LogP contribution in [-0.2, 0) is 12.6 Å². The summed E-state index contributed by atoms with van der Waals surface area (Å²) in [5.41, 5.74) is 1.93. The van der Waals surface area contributed by atoms with Crippen LogP contribution >= 0.6 is 11.6 Å². The fourth-order valence-electron chi connectivity index (χ4n) is 2.25. The number of alkyl halides is 3. The third-order valence-electron chi connectivity index (χ3n) is 3.33. The normalized spacial score (nSPS) is 11.7. The summed E-state index contributed by atoms with van der Waals surface area (Å²) in [5, 5.41) is 7.45. The van der Waals surface area contributed by atoms with Crippen LogP contribution < -0.4 is 0 Å². The van der Waals surface area contributed by atoms with Crippen molar-refractivity contribution in [3.63, 3.8) is 0 Å². The van der Waals surface area contributed by atoms with E-state index >= 15 is 0 Å². The van der Waals surface area contributed by atoms with Gasteiger partial charge in [-0.1, -0.05) is 29.8 Å². The zero-order chi connectivity index (χ0) is 16.4. The molecular weight excluding hydrogens is 327 g/mol. The van der Waals surface area contributed by atoms with E-state index in [-0.39, 0.29) is 0 Å². The van der Waals surface area contributed by atoms with Gasteiger partial charge in [-0.25, -0.2) is 0 Å². The SMILES string of the molecule is FC(F)(F)c1cccc(Cc2cc(-c3ccncc3Cl)n[nH]2)c1. The Balaban J connectivity index is 1.84. The highest BCUT2D eigenvalue weighted by Crippen LogP contribution is 2.30. The van der Waals surface area contributed by atoms with Crippen molar-refractivity contribution >= 4 is 11.6 Å². The van der Waals surface area contributed by atoms with Crippen LogP contribution in [0.15, 0.2) is 48.8 Å². The minimum Gasteiger partial charge on any atom is -0.282 e. The monoisotopic (exact) mass is 337 g/mol. The maximum atomic E-state index is 12.7. The molecule has 0 saturated heterocycles. The fraction of sp³-hybridized carbons (Fsp3) is 0.125. The van der Waals surface area contributed by atoms with Crippen LogP contribution in [0.1, 0.15) is 16.8 Å². The lowest BCUT2D eigenvalue weighted by atomic mass is 10.1. The molecule has 2 heterocycles. The molecule has 1 aromatic carbocycles. The minimum absolute atomic E-state index is 0.319. The van der Waals surface area contributed by atoms with Gasteiger partial charge < -0.3 is 0 Å². The van der Waals surface area contributed by atoms with Gasteiger partial charge in [-0.2, -0.15) is 18.3 Å². The first-order valence-corrected chi connectivity index (χ1v) is 7.11. The number of nitrogens with zero attached hydrogens (tertiary/aromatic N) is 2. The Morgan fingerprint density at radius 2 is 1.96 bits per heavy atom. The van der Waals surface area contributed by atoms with Crippen LogP contribution in [0, 0.1) is 0 Å². The molecule has 0 aliphatic heterocycles. The molecule has 3 rings (SSSR count). The fourth-order valence-corrected chi connectivity index (χ4v) is 2.47. The van der Waals surface area contributed by atoms with E-state index in [0.717, 1.165) is 12.1 Å². The zero-order valence-corrected chi connectivity index (χ0v) is 12.5. The molecular formula is C16H11ClF3N3. The smallest absolute Gasteiger partial charge is 0.282 e. The number of hydrogen-bond donors (Lipinski definition) is 1. The highest BCUT2D eigenvalue weighted by atomic mass is 35.5. The van der Waals surface area contributed by atoms with Crippen molar-refractivity contribution in [1.82, 2.24) is 15.2 Å². The number of nitrogens with one attached hydrogen (secondary N) is 1. The van der Waals surface area contributed by atoms with Gasteiger partial charge in [0, 0.05) is 30.1 Å².